The van der Waals surface area contributed by atoms with E-state index in [0.29, 0.717) is 63.7 Å². The van der Waals surface area contributed by atoms with Crippen LogP contribution in [0, 0.1) is 5.92 Å². The molecular weight excluding hydrogens is 355 g/mol. The maximum absolute atomic E-state index is 14.8. The second kappa shape index (κ2) is 7.92. The van der Waals surface area contributed by atoms with E-state index in [2.05, 4.69) is 4.90 Å². The van der Waals surface area contributed by atoms with Crippen molar-refractivity contribution in [3.8, 4) is 0 Å². The molecule has 26 heavy (non-hydrogen) atoms. The summed E-state index contributed by atoms with van der Waals surface area (Å²) < 4.78 is 47.6. The molecule has 1 aromatic carbocycles. The van der Waals surface area contributed by atoms with Gasteiger partial charge in [-0.15, -0.1) is 0 Å². The van der Waals surface area contributed by atoms with Crippen LogP contribution in [0.4, 0.5) is 4.39 Å². The maximum atomic E-state index is 14.8. The fraction of sp³-hybridized carbons (Fsp3) is 0.684. The summed E-state index contributed by atoms with van der Waals surface area (Å²) in [6.45, 7) is 7.34. The molecule has 0 amide bonds. The van der Waals surface area contributed by atoms with E-state index < -0.39 is 15.7 Å². The minimum atomic E-state index is -3.53. The van der Waals surface area contributed by atoms with Gasteiger partial charge >= 0.3 is 0 Å². The van der Waals surface area contributed by atoms with Crippen molar-refractivity contribution < 1.29 is 17.5 Å². The molecule has 3 rings (SSSR count). The first-order valence-corrected chi connectivity index (χ1v) is 10.8. The normalized spacial score (nSPS) is 22.6. The lowest BCUT2D eigenvalue weighted by Gasteiger charge is -2.39. The number of piperidine rings is 1. The predicted octanol–water partition coefficient (Wildman–Crippen LogP) is 2.67. The number of nitrogens with zero attached hydrogens (tertiary/aromatic N) is 2. The Balaban J connectivity index is 1.74. The number of ether oxygens (including phenoxy) is 1. The molecule has 2 saturated heterocycles. The summed E-state index contributed by atoms with van der Waals surface area (Å²) in [5.74, 6) is 0.0126. The van der Waals surface area contributed by atoms with E-state index in [0.717, 1.165) is 5.56 Å². The standard InChI is InChI=1S/C19H29FN2O3S/c1-16(2)19(20)7-9-21(10-8-19)15-17-5-3-4-6-18(17)26(23,24)22-11-13-25-14-12-22/h3-6,16H,7-15H2,1-2H3. The molecule has 146 valence electrons. The Morgan fingerprint density at radius 3 is 2.35 bits per heavy atom. The highest BCUT2D eigenvalue weighted by molar-refractivity contribution is 7.89. The van der Waals surface area contributed by atoms with Gasteiger partial charge in [-0.05, 0) is 30.4 Å². The Kier molecular flexibility index (Phi) is 6.01. The second-order valence-electron chi connectivity index (χ2n) is 7.59. The van der Waals surface area contributed by atoms with Crippen molar-refractivity contribution in [2.24, 2.45) is 5.92 Å². The highest BCUT2D eigenvalue weighted by Crippen LogP contribution is 2.34. The molecule has 0 radical (unpaired) electrons. The van der Waals surface area contributed by atoms with Crippen LogP contribution in [0.25, 0.3) is 0 Å². The lowest BCUT2D eigenvalue weighted by molar-refractivity contribution is 0.0169. The summed E-state index contributed by atoms with van der Waals surface area (Å²) >= 11 is 0. The first-order valence-electron chi connectivity index (χ1n) is 9.40. The molecule has 0 N–H and O–H groups in total. The predicted molar refractivity (Wildman–Crippen MR) is 99.2 cm³/mol. The Morgan fingerprint density at radius 2 is 1.73 bits per heavy atom. The van der Waals surface area contributed by atoms with Gasteiger partial charge in [0.1, 0.15) is 5.67 Å². The smallest absolute Gasteiger partial charge is 0.243 e. The second-order valence-corrected chi connectivity index (χ2v) is 9.50. The zero-order valence-electron chi connectivity index (χ0n) is 15.7. The third-order valence-electron chi connectivity index (χ3n) is 5.68. The molecule has 2 heterocycles. The fourth-order valence-corrected chi connectivity index (χ4v) is 5.34. The largest absolute Gasteiger partial charge is 0.379 e. The molecular formula is C19H29FN2O3S. The molecule has 1 aromatic rings. The molecule has 0 bridgehead atoms. The Hall–Kier alpha value is -1.02. The van der Waals surface area contributed by atoms with E-state index in [1.807, 2.05) is 26.0 Å². The number of rotatable bonds is 5. The Bertz CT molecular complexity index is 709. The fourth-order valence-electron chi connectivity index (χ4n) is 3.71. The summed E-state index contributed by atoms with van der Waals surface area (Å²) in [6.07, 6.45) is 1.01. The Labute approximate surface area is 156 Å². The van der Waals surface area contributed by atoms with Crippen molar-refractivity contribution in [1.82, 2.24) is 9.21 Å². The number of hydrogen-bond donors (Lipinski definition) is 0. The Morgan fingerprint density at radius 1 is 1.12 bits per heavy atom. The third-order valence-corrected chi connectivity index (χ3v) is 7.68. The molecule has 0 saturated carbocycles. The van der Waals surface area contributed by atoms with Crippen molar-refractivity contribution in [2.45, 2.75) is 43.8 Å². The quantitative estimate of drug-likeness (QED) is 0.783. The monoisotopic (exact) mass is 384 g/mol. The highest BCUT2D eigenvalue weighted by Gasteiger charge is 2.37. The van der Waals surface area contributed by atoms with Crippen LogP contribution in [0.15, 0.2) is 29.2 Å². The number of alkyl halides is 1. The van der Waals surface area contributed by atoms with Gasteiger partial charge in [0.2, 0.25) is 10.0 Å². The average Bonchev–Trinajstić information content (AvgIpc) is 2.65. The summed E-state index contributed by atoms with van der Waals surface area (Å²) in [6, 6.07) is 7.17. The summed E-state index contributed by atoms with van der Waals surface area (Å²) in [5.41, 5.74) is -0.314. The number of benzene rings is 1. The first kappa shape index (κ1) is 19.7. The SMILES string of the molecule is CC(C)C1(F)CCN(Cc2ccccc2S(=O)(=O)N2CCOCC2)CC1. The van der Waals surface area contributed by atoms with Crippen LogP contribution in [0.5, 0.6) is 0 Å². The van der Waals surface area contributed by atoms with E-state index in [9.17, 15) is 12.8 Å². The van der Waals surface area contributed by atoms with Gasteiger partial charge < -0.3 is 4.74 Å². The molecule has 0 aromatic heterocycles. The zero-order valence-corrected chi connectivity index (χ0v) is 16.5. The van der Waals surface area contributed by atoms with E-state index in [1.165, 1.54) is 4.31 Å². The van der Waals surface area contributed by atoms with Crippen LogP contribution in [0.2, 0.25) is 0 Å². The minimum Gasteiger partial charge on any atom is -0.379 e. The van der Waals surface area contributed by atoms with Crippen LogP contribution in [-0.4, -0.2) is 62.7 Å². The number of halogens is 1. The van der Waals surface area contributed by atoms with Gasteiger partial charge in [-0.3, -0.25) is 4.90 Å². The van der Waals surface area contributed by atoms with E-state index in [4.69, 9.17) is 4.74 Å². The maximum Gasteiger partial charge on any atom is 0.243 e. The van der Waals surface area contributed by atoms with Crippen molar-refractivity contribution in [2.75, 3.05) is 39.4 Å². The molecule has 2 aliphatic heterocycles. The van der Waals surface area contributed by atoms with E-state index in [1.54, 1.807) is 12.1 Å². The molecule has 7 heteroatoms. The van der Waals surface area contributed by atoms with Crippen molar-refractivity contribution in [3.05, 3.63) is 29.8 Å². The lowest BCUT2D eigenvalue weighted by Crippen LogP contribution is -2.44. The van der Waals surface area contributed by atoms with Crippen molar-refractivity contribution in [3.63, 3.8) is 0 Å². The van der Waals surface area contributed by atoms with Crippen LogP contribution in [0.1, 0.15) is 32.3 Å². The minimum absolute atomic E-state index is 0.0126. The molecule has 0 aliphatic carbocycles. The molecule has 0 spiro atoms. The van der Waals surface area contributed by atoms with Crippen LogP contribution < -0.4 is 0 Å². The third kappa shape index (κ3) is 4.11. The number of likely N-dealkylation sites (tertiary alicyclic amines) is 1. The molecule has 5 nitrogen and oxygen atoms in total. The number of hydrogen-bond acceptors (Lipinski definition) is 4. The molecule has 0 unspecified atom stereocenters. The van der Waals surface area contributed by atoms with Crippen molar-refractivity contribution in [1.29, 1.82) is 0 Å². The van der Waals surface area contributed by atoms with Gasteiger partial charge in [-0.25, -0.2) is 12.8 Å². The van der Waals surface area contributed by atoms with Gasteiger partial charge in [0.25, 0.3) is 0 Å². The number of morpholine rings is 1. The number of sulfonamides is 1. The molecule has 0 atom stereocenters. The van der Waals surface area contributed by atoms with Gasteiger partial charge in [0, 0.05) is 32.7 Å². The van der Waals surface area contributed by atoms with Gasteiger partial charge in [-0.1, -0.05) is 32.0 Å². The van der Waals surface area contributed by atoms with E-state index >= 15 is 0 Å². The first-order chi connectivity index (χ1) is 12.3. The van der Waals surface area contributed by atoms with Gasteiger partial charge in [0.05, 0.1) is 18.1 Å². The van der Waals surface area contributed by atoms with Crippen LogP contribution in [0.3, 0.4) is 0 Å². The summed E-state index contributed by atoms with van der Waals surface area (Å²) in [4.78, 5) is 2.52. The van der Waals surface area contributed by atoms with Crippen LogP contribution in [-0.2, 0) is 21.3 Å². The van der Waals surface area contributed by atoms with Crippen molar-refractivity contribution >= 4 is 10.0 Å². The highest BCUT2D eigenvalue weighted by atomic mass is 32.2. The molecule has 2 fully saturated rings. The topological polar surface area (TPSA) is 49.9 Å². The molecule has 2 aliphatic rings. The average molecular weight is 385 g/mol. The summed E-state index contributed by atoms with van der Waals surface area (Å²) in [5, 5.41) is 0. The zero-order chi connectivity index (χ0) is 18.8. The van der Waals surface area contributed by atoms with Gasteiger partial charge in [0.15, 0.2) is 0 Å². The lowest BCUT2D eigenvalue weighted by atomic mass is 9.83. The van der Waals surface area contributed by atoms with E-state index in [-0.39, 0.29) is 5.92 Å². The van der Waals surface area contributed by atoms with Crippen LogP contribution >= 0.6 is 0 Å². The van der Waals surface area contributed by atoms with Gasteiger partial charge in [-0.2, -0.15) is 4.31 Å². The summed E-state index contributed by atoms with van der Waals surface area (Å²) in [7, 11) is -3.53.